The van der Waals surface area contributed by atoms with Crippen molar-refractivity contribution in [3.8, 4) is 0 Å². The zero-order valence-electron chi connectivity index (χ0n) is 14.8. The summed E-state index contributed by atoms with van der Waals surface area (Å²) >= 11 is 0. The number of pyridine rings is 1. The number of likely N-dealkylation sites (tertiary alicyclic amines) is 1. The average Bonchev–Trinajstić information content (AvgIpc) is 2.55. The molecule has 1 aromatic rings. The molecular formula is C18H23F3N2O4. The van der Waals surface area contributed by atoms with Gasteiger partial charge in [-0.2, -0.15) is 13.2 Å². The van der Waals surface area contributed by atoms with E-state index in [0.29, 0.717) is 12.5 Å². The molecule has 0 spiro atoms. The van der Waals surface area contributed by atoms with E-state index in [1.54, 1.807) is 0 Å². The summed E-state index contributed by atoms with van der Waals surface area (Å²) in [5.41, 5.74) is 2.33. The van der Waals surface area contributed by atoms with Crippen molar-refractivity contribution in [2.75, 3.05) is 6.54 Å². The highest BCUT2D eigenvalue weighted by atomic mass is 19.4. The number of carboxylic acids is 2. The second-order valence-electron chi connectivity index (χ2n) is 6.84. The smallest absolute Gasteiger partial charge is 0.480 e. The zero-order valence-corrected chi connectivity index (χ0v) is 14.8. The Hall–Kier alpha value is -2.16. The van der Waals surface area contributed by atoms with Gasteiger partial charge in [0.05, 0.1) is 0 Å². The molecule has 1 saturated carbocycles. The third-order valence-corrected chi connectivity index (χ3v) is 4.90. The minimum absolute atomic E-state index is 0.324. The summed E-state index contributed by atoms with van der Waals surface area (Å²) in [4.78, 5) is 26.8. The first-order chi connectivity index (χ1) is 12.7. The van der Waals surface area contributed by atoms with Crippen molar-refractivity contribution in [2.45, 2.75) is 63.2 Å². The molecule has 3 rings (SSSR count). The Morgan fingerprint density at radius 3 is 2.22 bits per heavy atom. The Balaban J connectivity index is 0.000000321. The third kappa shape index (κ3) is 6.20. The summed E-state index contributed by atoms with van der Waals surface area (Å²) in [5.74, 6) is -2.79. The Morgan fingerprint density at radius 1 is 1.11 bits per heavy atom. The van der Waals surface area contributed by atoms with Crippen LogP contribution in [0, 0.1) is 0 Å². The van der Waals surface area contributed by atoms with Gasteiger partial charge in [-0.15, -0.1) is 0 Å². The molecule has 2 N–H and O–H groups in total. The van der Waals surface area contributed by atoms with Crippen LogP contribution in [0.4, 0.5) is 13.2 Å². The molecule has 0 aromatic carbocycles. The van der Waals surface area contributed by atoms with Crippen LogP contribution in [-0.2, 0) is 16.1 Å². The van der Waals surface area contributed by atoms with Gasteiger partial charge in [-0.05, 0) is 43.9 Å². The van der Waals surface area contributed by atoms with Crippen LogP contribution in [0.25, 0.3) is 0 Å². The van der Waals surface area contributed by atoms with Gasteiger partial charge in [0.2, 0.25) is 0 Å². The molecule has 1 aromatic heterocycles. The van der Waals surface area contributed by atoms with Gasteiger partial charge in [-0.25, -0.2) is 4.79 Å². The molecular weight excluding hydrogens is 365 g/mol. The molecule has 150 valence electrons. The molecule has 1 aliphatic heterocycles. The summed E-state index contributed by atoms with van der Waals surface area (Å²) in [6, 6.07) is 3.92. The van der Waals surface area contributed by atoms with E-state index in [-0.39, 0.29) is 6.04 Å². The van der Waals surface area contributed by atoms with Crippen molar-refractivity contribution in [3.05, 3.63) is 29.6 Å². The maximum absolute atomic E-state index is 11.3. The molecule has 2 heterocycles. The van der Waals surface area contributed by atoms with E-state index in [0.717, 1.165) is 31.4 Å². The highest BCUT2D eigenvalue weighted by molar-refractivity contribution is 5.73. The minimum atomic E-state index is -5.08. The van der Waals surface area contributed by atoms with Gasteiger partial charge >= 0.3 is 18.1 Å². The van der Waals surface area contributed by atoms with Crippen molar-refractivity contribution < 1.29 is 33.0 Å². The largest absolute Gasteiger partial charge is 0.490 e. The lowest BCUT2D eigenvalue weighted by molar-refractivity contribution is -0.192. The molecule has 0 radical (unpaired) electrons. The van der Waals surface area contributed by atoms with Crippen LogP contribution in [0.3, 0.4) is 0 Å². The number of piperidine rings is 1. The van der Waals surface area contributed by atoms with Gasteiger partial charge in [-0.1, -0.05) is 18.9 Å². The Bertz CT molecular complexity index is 645. The van der Waals surface area contributed by atoms with Crippen LogP contribution >= 0.6 is 0 Å². The molecule has 9 heteroatoms. The highest BCUT2D eigenvalue weighted by Crippen LogP contribution is 2.35. The van der Waals surface area contributed by atoms with Crippen LogP contribution in [0.1, 0.15) is 55.7 Å². The number of alkyl halides is 3. The number of carbonyl (C=O) groups is 2. The third-order valence-electron chi connectivity index (χ3n) is 4.90. The lowest BCUT2D eigenvalue weighted by Crippen LogP contribution is -2.44. The predicted molar refractivity (Wildman–Crippen MR) is 90.2 cm³/mol. The fourth-order valence-corrected chi connectivity index (χ4v) is 3.17. The van der Waals surface area contributed by atoms with E-state index >= 15 is 0 Å². The number of halogens is 3. The lowest BCUT2D eigenvalue weighted by atomic mass is 9.82. The zero-order chi connectivity index (χ0) is 20.0. The molecule has 2 fully saturated rings. The number of hydrogen-bond acceptors (Lipinski definition) is 4. The summed E-state index contributed by atoms with van der Waals surface area (Å²) in [7, 11) is 0. The van der Waals surface area contributed by atoms with Crippen LogP contribution in [0.5, 0.6) is 0 Å². The van der Waals surface area contributed by atoms with Crippen LogP contribution < -0.4 is 0 Å². The van der Waals surface area contributed by atoms with E-state index in [9.17, 15) is 23.1 Å². The van der Waals surface area contributed by atoms with Gasteiger partial charge < -0.3 is 10.2 Å². The van der Waals surface area contributed by atoms with E-state index < -0.39 is 18.1 Å². The molecule has 0 bridgehead atoms. The van der Waals surface area contributed by atoms with Gasteiger partial charge in [0.1, 0.15) is 6.04 Å². The fourth-order valence-electron chi connectivity index (χ4n) is 3.17. The van der Waals surface area contributed by atoms with E-state index in [4.69, 9.17) is 9.90 Å². The van der Waals surface area contributed by atoms with Crippen LogP contribution in [0.2, 0.25) is 0 Å². The van der Waals surface area contributed by atoms with Crippen LogP contribution in [0.15, 0.2) is 18.3 Å². The molecule has 0 amide bonds. The molecule has 1 aliphatic carbocycles. The van der Waals surface area contributed by atoms with Crippen molar-refractivity contribution in [3.63, 3.8) is 0 Å². The highest BCUT2D eigenvalue weighted by Gasteiger charge is 2.38. The second kappa shape index (κ2) is 9.16. The number of hydrogen-bond donors (Lipinski definition) is 2. The average molecular weight is 388 g/mol. The first kappa shape index (κ1) is 21.1. The first-order valence-electron chi connectivity index (χ1n) is 8.90. The molecule has 6 nitrogen and oxygen atoms in total. The van der Waals surface area contributed by atoms with Crippen molar-refractivity contribution in [1.82, 2.24) is 9.88 Å². The van der Waals surface area contributed by atoms with E-state index in [2.05, 4.69) is 22.0 Å². The normalized spacial score (nSPS) is 20.9. The number of aliphatic carboxylic acids is 2. The molecule has 2 aliphatic rings. The molecule has 1 unspecified atom stereocenters. The van der Waals surface area contributed by atoms with Crippen molar-refractivity contribution in [2.24, 2.45) is 0 Å². The maximum atomic E-state index is 11.3. The van der Waals surface area contributed by atoms with Crippen molar-refractivity contribution in [1.29, 1.82) is 0 Å². The second-order valence-corrected chi connectivity index (χ2v) is 6.84. The van der Waals surface area contributed by atoms with Gasteiger partial charge in [0.15, 0.2) is 0 Å². The fraction of sp³-hybridized carbons (Fsp3) is 0.611. The standard InChI is InChI=1S/C16H22N2O2.C2HF3O2/c19-16(20)15-6-1-2-9-18(15)11-12-7-8-14(17-10-12)13-4-3-5-13;3-2(4,5)1(6)7/h7-8,10,13,15H,1-6,9,11H2,(H,19,20);(H,6,7). The maximum Gasteiger partial charge on any atom is 0.490 e. The Kier molecular flexibility index (Phi) is 7.18. The van der Waals surface area contributed by atoms with Gasteiger partial charge in [0, 0.05) is 24.4 Å². The quantitative estimate of drug-likeness (QED) is 0.821. The van der Waals surface area contributed by atoms with Gasteiger partial charge in [0.25, 0.3) is 0 Å². The van der Waals surface area contributed by atoms with Crippen LogP contribution in [-0.4, -0.2) is 50.8 Å². The van der Waals surface area contributed by atoms with Crippen molar-refractivity contribution >= 4 is 11.9 Å². The first-order valence-corrected chi connectivity index (χ1v) is 8.90. The lowest BCUT2D eigenvalue weighted by Gasteiger charge is -2.32. The summed E-state index contributed by atoms with van der Waals surface area (Å²) in [5, 5.41) is 16.4. The molecule has 1 atom stereocenters. The van der Waals surface area contributed by atoms with E-state index in [1.165, 1.54) is 25.0 Å². The Labute approximate surface area is 155 Å². The Morgan fingerprint density at radius 2 is 1.78 bits per heavy atom. The number of rotatable bonds is 4. The van der Waals surface area contributed by atoms with E-state index in [1.807, 2.05) is 6.20 Å². The number of nitrogens with zero attached hydrogens (tertiary/aromatic N) is 2. The number of carboxylic acid groups (broad SMARTS) is 2. The summed E-state index contributed by atoms with van der Waals surface area (Å²) < 4.78 is 31.7. The topological polar surface area (TPSA) is 90.7 Å². The monoisotopic (exact) mass is 388 g/mol. The van der Waals surface area contributed by atoms with Gasteiger partial charge in [-0.3, -0.25) is 14.7 Å². The summed E-state index contributed by atoms with van der Waals surface area (Å²) in [6.07, 6.45) is 3.58. The summed E-state index contributed by atoms with van der Waals surface area (Å²) in [6.45, 7) is 1.58. The SMILES string of the molecule is O=C(O)C(F)(F)F.O=C(O)C1CCCCN1Cc1ccc(C2CCC2)nc1. The predicted octanol–water partition coefficient (Wildman–Crippen LogP) is 3.42. The molecule has 27 heavy (non-hydrogen) atoms. The molecule has 1 saturated heterocycles. The number of aromatic nitrogens is 1. The minimum Gasteiger partial charge on any atom is -0.480 e.